The highest BCUT2D eigenvalue weighted by Crippen LogP contribution is 2.29. The van der Waals surface area contributed by atoms with Gasteiger partial charge in [0.2, 0.25) is 0 Å². The van der Waals surface area contributed by atoms with Crippen LogP contribution in [0.3, 0.4) is 0 Å². The third kappa shape index (κ3) is 2.98. The molecule has 21 heavy (non-hydrogen) atoms. The van der Waals surface area contributed by atoms with Crippen LogP contribution in [0.4, 0.5) is 11.4 Å². The lowest BCUT2D eigenvalue weighted by atomic mass is 10.2. The Morgan fingerprint density at radius 1 is 1.43 bits per heavy atom. The first-order chi connectivity index (χ1) is 9.81. The molecule has 0 spiro atoms. The smallest absolute Gasteiger partial charge is 0.294 e. The average molecular weight is 329 g/mol. The molecule has 7 nitrogen and oxygen atoms in total. The molecule has 2 aromatic rings. The maximum atomic E-state index is 12.1. The molecule has 1 aromatic heterocycles. The maximum Gasteiger partial charge on any atom is 0.294 e. The second-order valence-corrected chi connectivity index (χ2v) is 5.06. The standard InChI is InChI=1S/C12H10Cl2N4O3/c1-6-10(14)11(16-17(6)2)12(19)15-8-4-3-7(13)5-9(8)18(20)21/h3-5H,1-2H3,(H,15,19). The second kappa shape index (κ2) is 5.71. The van der Waals surface area contributed by atoms with E-state index in [4.69, 9.17) is 23.2 Å². The van der Waals surface area contributed by atoms with Crippen molar-refractivity contribution in [1.29, 1.82) is 0 Å². The molecule has 1 N–H and O–H groups in total. The summed E-state index contributed by atoms with van der Waals surface area (Å²) in [4.78, 5) is 22.5. The van der Waals surface area contributed by atoms with Crippen molar-refractivity contribution in [2.45, 2.75) is 6.92 Å². The number of anilines is 1. The van der Waals surface area contributed by atoms with Crippen molar-refractivity contribution in [2.24, 2.45) is 7.05 Å². The van der Waals surface area contributed by atoms with E-state index in [9.17, 15) is 14.9 Å². The monoisotopic (exact) mass is 328 g/mol. The lowest BCUT2D eigenvalue weighted by Gasteiger charge is -2.05. The summed E-state index contributed by atoms with van der Waals surface area (Å²) < 4.78 is 1.45. The molecule has 1 amide bonds. The van der Waals surface area contributed by atoms with Crippen molar-refractivity contribution in [3.05, 3.63) is 49.7 Å². The number of benzene rings is 1. The number of aromatic nitrogens is 2. The summed E-state index contributed by atoms with van der Waals surface area (Å²) in [5, 5.41) is 17.8. The van der Waals surface area contributed by atoms with Crippen molar-refractivity contribution in [3.63, 3.8) is 0 Å². The minimum atomic E-state index is -0.632. The van der Waals surface area contributed by atoms with Crippen LogP contribution in [0.2, 0.25) is 10.0 Å². The summed E-state index contributed by atoms with van der Waals surface area (Å²) in [5.41, 5.74) is 0.335. The van der Waals surface area contributed by atoms with E-state index in [-0.39, 0.29) is 27.1 Å². The maximum absolute atomic E-state index is 12.1. The third-order valence-electron chi connectivity index (χ3n) is 2.88. The number of carbonyl (C=O) groups excluding carboxylic acids is 1. The zero-order chi connectivity index (χ0) is 15.7. The van der Waals surface area contributed by atoms with Crippen LogP contribution in [-0.4, -0.2) is 20.6 Å². The molecule has 1 aromatic carbocycles. The molecule has 2 rings (SSSR count). The Labute approximate surface area is 129 Å². The highest BCUT2D eigenvalue weighted by atomic mass is 35.5. The number of nitro benzene ring substituents is 1. The van der Waals surface area contributed by atoms with E-state index < -0.39 is 10.8 Å². The van der Waals surface area contributed by atoms with Gasteiger partial charge in [-0.1, -0.05) is 23.2 Å². The largest absolute Gasteiger partial charge is 0.315 e. The summed E-state index contributed by atoms with van der Waals surface area (Å²) in [6.45, 7) is 1.71. The first-order valence-corrected chi connectivity index (χ1v) is 6.51. The van der Waals surface area contributed by atoms with E-state index >= 15 is 0 Å². The van der Waals surface area contributed by atoms with Crippen LogP contribution >= 0.6 is 23.2 Å². The van der Waals surface area contributed by atoms with Gasteiger partial charge in [-0.05, 0) is 19.1 Å². The molecule has 0 radical (unpaired) electrons. The molecule has 1 heterocycles. The van der Waals surface area contributed by atoms with E-state index in [2.05, 4.69) is 10.4 Å². The molecule has 110 valence electrons. The number of amides is 1. The second-order valence-electron chi connectivity index (χ2n) is 4.24. The zero-order valence-electron chi connectivity index (χ0n) is 11.1. The average Bonchev–Trinajstić information content (AvgIpc) is 2.68. The van der Waals surface area contributed by atoms with E-state index in [1.165, 1.54) is 16.8 Å². The topological polar surface area (TPSA) is 90.1 Å². The number of hydrogen-bond acceptors (Lipinski definition) is 4. The van der Waals surface area contributed by atoms with Crippen LogP contribution in [0.1, 0.15) is 16.2 Å². The molecule has 0 aliphatic heterocycles. The predicted octanol–water partition coefficient (Wildman–Crippen LogP) is 3.20. The molecular weight excluding hydrogens is 319 g/mol. The first kappa shape index (κ1) is 15.3. The summed E-state index contributed by atoms with van der Waals surface area (Å²) >= 11 is 11.7. The van der Waals surface area contributed by atoms with Crippen LogP contribution in [0.5, 0.6) is 0 Å². The summed E-state index contributed by atoms with van der Waals surface area (Å²) in [6.07, 6.45) is 0. The summed E-state index contributed by atoms with van der Waals surface area (Å²) in [6, 6.07) is 3.94. The quantitative estimate of drug-likeness (QED) is 0.691. The Morgan fingerprint density at radius 2 is 2.10 bits per heavy atom. The Morgan fingerprint density at radius 3 is 2.62 bits per heavy atom. The Kier molecular flexibility index (Phi) is 4.15. The van der Waals surface area contributed by atoms with Crippen molar-refractivity contribution in [2.75, 3.05) is 5.32 Å². The number of rotatable bonds is 3. The lowest BCUT2D eigenvalue weighted by Crippen LogP contribution is -2.14. The van der Waals surface area contributed by atoms with Gasteiger partial charge in [0.25, 0.3) is 11.6 Å². The number of nitrogens with one attached hydrogen (secondary N) is 1. The van der Waals surface area contributed by atoms with Gasteiger partial charge in [0.05, 0.1) is 15.6 Å². The van der Waals surface area contributed by atoms with E-state index in [1.54, 1.807) is 14.0 Å². The van der Waals surface area contributed by atoms with Gasteiger partial charge in [-0.25, -0.2) is 0 Å². The van der Waals surface area contributed by atoms with Crippen LogP contribution in [-0.2, 0) is 7.05 Å². The number of nitrogens with zero attached hydrogens (tertiary/aromatic N) is 3. The molecule has 0 bridgehead atoms. The fraction of sp³-hybridized carbons (Fsp3) is 0.167. The molecule has 0 atom stereocenters. The van der Waals surface area contributed by atoms with E-state index in [1.807, 2.05) is 0 Å². The van der Waals surface area contributed by atoms with Gasteiger partial charge in [0.15, 0.2) is 5.69 Å². The zero-order valence-corrected chi connectivity index (χ0v) is 12.6. The molecule has 0 aliphatic carbocycles. The molecule has 0 unspecified atom stereocenters. The highest BCUT2D eigenvalue weighted by Gasteiger charge is 2.22. The number of halogens is 2. The van der Waals surface area contributed by atoms with Crippen LogP contribution < -0.4 is 5.32 Å². The van der Waals surface area contributed by atoms with Gasteiger partial charge in [-0.2, -0.15) is 5.10 Å². The van der Waals surface area contributed by atoms with Gasteiger partial charge in [0, 0.05) is 18.1 Å². The Bertz CT molecular complexity index is 742. The Hall–Kier alpha value is -2.12. The van der Waals surface area contributed by atoms with Crippen molar-refractivity contribution >= 4 is 40.5 Å². The van der Waals surface area contributed by atoms with Gasteiger partial charge >= 0.3 is 0 Å². The third-order valence-corrected chi connectivity index (χ3v) is 3.57. The SMILES string of the molecule is Cc1c(Cl)c(C(=O)Nc2ccc(Cl)cc2[N+](=O)[O-])nn1C. The van der Waals surface area contributed by atoms with Crippen LogP contribution in [0, 0.1) is 17.0 Å². The summed E-state index contributed by atoms with van der Waals surface area (Å²) in [5.74, 6) is -0.630. The van der Waals surface area contributed by atoms with Crippen molar-refractivity contribution < 1.29 is 9.72 Å². The normalized spacial score (nSPS) is 10.5. The fourth-order valence-electron chi connectivity index (χ4n) is 1.67. The number of hydrogen-bond donors (Lipinski definition) is 1. The molecule has 0 aliphatic rings. The Balaban J connectivity index is 2.36. The van der Waals surface area contributed by atoms with Crippen molar-refractivity contribution in [1.82, 2.24) is 9.78 Å². The fourth-order valence-corrected chi connectivity index (χ4v) is 2.08. The number of aryl methyl sites for hydroxylation is 1. The van der Waals surface area contributed by atoms with Crippen LogP contribution in [0.25, 0.3) is 0 Å². The molecule has 0 saturated heterocycles. The van der Waals surface area contributed by atoms with E-state index in [0.29, 0.717) is 5.69 Å². The van der Waals surface area contributed by atoms with Gasteiger partial charge < -0.3 is 5.32 Å². The summed E-state index contributed by atoms with van der Waals surface area (Å²) in [7, 11) is 1.64. The molecule has 0 fully saturated rings. The number of nitro groups is 1. The minimum absolute atomic E-state index is 0.000847. The lowest BCUT2D eigenvalue weighted by molar-refractivity contribution is -0.383. The minimum Gasteiger partial charge on any atom is -0.315 e. The first-order valence-electron chi connectivity index (χ1n) is 5.75. The van der Waals surface area contributed by atoms with Gasteiger partial charge in [0.1, 0.15) is 5.69 Å². The van der Waals surface area contributed by atoms with Crippen molar-refractivity contribution in [3.8, 4) is 0 Å². The van der Waals surface area contributed by atoms with Crippen LogP contribution in [0.15, 0.2) is 18.2 Å². The molecule has 0 saturated carbocycles. The van der Waals surface area contributed by atoms with E-state index in [0.717, 1.165) is 6.07 Å². The molecule has 9 heteroatoms. The number of carbonyl (C=O) groups is 1. The predicted molar refractivity (Wildman–Crippen MR) is 79.0 cm³/mol. The molecular formula is C12H10Cl2N4O3. The highest BCUT2D eigenvalue weighted by molar-refractivity contribution is 6.34. The van der Waals surface area contributed by atoms with Gasteiger partial charge in [-0.15, -0.1) is 0 Å². The van der Waals surface area contributed by atoms with Gasteiger partial charge in [-0.3, -0.25) is 19.6 Å².